The molecule has 6 heteroatoms. The van der Waals surface area contributed by atoms with Gasteiger partial charge in [-0.25, -0.2) is 4.79 Å². The number of amides is 2. The van der Waals surface area contributed by atoms with Gasteiger partial charge in [0, 0.05) is 42.1 Å². The highest BCUT2D eigenvalue weighted by Gasteiger charge is 2.08. The van der Waals surface area contributed by atoms with Crippen molar-refractivity contribution in [2.45, 2.75) is 18.4 Å². The van der Waals surface area contributed by atoms with Gasteiger partial charge < -0.3 is 15.5 Å². The predicted octanol–water partition coefficient (Wildman–Crippen LogP) is 3.20. The minimum absolute atomic E-state index is 0.255. The second-order valence-electron chi connectivity index (χ2n) is 5.44. The number of urea groups is 1. The van der Waals surface area contributed by atoms with Gasteiger partial charge in [0.15, 0.2) is 0 Å². The van der Waals surface area contributed by atoms with Crippen molar-refractivity contribution in [2.24, 2.45) is 0 Å². The average Bonchev–Trinajstić information content (AvgIpc) is 2.60. The van der Waals surface area contributed by atoms with Crippen molar-refractivity contribution >= 4 is 28.2 Å². The number of anilines is 2. The Morgan fingerprint density at radius 3 is 2.42 bits per heavy atom. The lowest BCUT2D eigenvalue weighted by molar-refractivity contribution is 0.251. The van der Waals surface area contributed by atoms with Crippen LogP contribution in [0.5, 0.6) is 0 Å². The summed E-state index contributed by atoms with van der Waals surface area (Å²) in [5.74, 6) is 0. The van der Waals surface area contributed by atoms with Gasteiger partial charge in [-0.3, -0.25) is 4.21 Å². The molecule has 0 heterocycles. The fraction of sp³-hybridized carbons (Fsp3) is 0.278. The highest BCUT2D eigenvalue weighted by molar-refractivity contribution is 7.84. The Hall–Kier alpha value is -2.34. The van der Waals surface area contributed by atoms with Crippen LogP contribution >= 0.6 is 0 Å². The fourth-order valence-electron chi connectivity index (χ4n) is 2.23. The number of rotatable bonds is 6. The Morgan fingerprint density at radius 1 is 1.12 bits per heavy atom. The molecule has 0 fully saturated rings. The molecule has 0 aromatic heterocycles. The van der Waals surface area contributed by atoms with Crippen molar-refractivity contribution in [1.82, 2.24) is 5.32 Å². The summed E-state index contributed by atoms with van der Waals surface area (Å²) in [5, 5.41) is 5.72. The molecule has 128 valence electrons. The van der Waals surface area contributed by atoms with Gasteiger partial charge in [0.25, 0.3) is 0 Å². The van der Waals surface area contributed by atoms with E-state index in [4.69, 9.17) is 0 Å². The molecule has 0 saturated carbocycles. The van der Waals surface area contributed by atoms with E-state index in [1.54, 1.807) is 6.26 Å². The van der Waals surface area contributed by atoms with Crippen molar-refractivity contribution in [3.63, 3.8) is 0 Å². The monoisotopic (exact) mass is 345 g/mol. The summed E-state index contributed by atoms with van der Waals surface area (Å²) in [7, 11) is 0.995. The lowest BCUT2D eigenvalue weighted by Crippen LogP contribution is -2.29. The SMILES string of the molecule is CCN(C)c1ccccc1NC(=O)NCc1ccc([S@](C)=O)cc1. The van der Waals surface area contributed by atoms with E-state index < -0.39 is 10.8 Å². The average molecular weight is 345 g/mol. The van der Waals surface area contributed by atoms with Crippen LogP contribution in [0, 0.1) is 0 Å². The van der Waals surface area contributed by atoms with Crippen molar-refractivity contribution in [1.29, 1.82) is 0 Å². The summed E-state index contributed by atoms with van der Waals surface area (Å²) in [5.41, 5.74) is 2.71. The van der Waals surface area contributed by atoms with Gasteiger partial charge in [-0.15, -0.1) is 0 Å². The molecule has 1 atom stereocenters. The number of carbonyl (C=O) groups excluding carboxylic acids is 1. The molecule has 0 spiro atoms. The molecule has 0 saturated heterocycles. The molecule has 0 aliphatic carbocycles. The number of hydrogen-bond acceptors (Lipinski definition) is 3. The van der Waals surface area contributed by atoms with Gasteiger partial charge in [-0.05, 0) is 36.8 Å². The largest absolute Gasteiger partial charge is 0.373 e. The van der Waals surface area contributed by atoms with E-state index in [0.29, 0.717) is 6.54 Å². The predicted molar refractivity (Wildman–Crippen MR) is 100 cm³/mol. The van der Waals surface area contributed by atoms with Gasteiger partial charge >= 0.3 is 6.03 Å². The summed E-state index contributed by atoms with van der Waals surface area (Å²) < 4.78 is 11.4. The maximum atomic E-state index is 12.1. The van der Waals surface area contributed by atoms with E-state index >= 15 is 0 Å². The number of nitrogens with one attached hydrogen (secondary N) is 2. The van der Waals surface area contributed by atoms with Crippen molar-refractivity contribution in [2.75, 3.05) is 30.1 Å². The van der Waals surface area contributed by atoms with Gasteiger partial charge in [0.2, 0.25) is 0 Å². The summed E-state index contributed by atoms with van der Waals surface area (Å²) in [4.78, 5) is 15.0. The molecule has 2 aromatic rings. The molecule has 2 amide bonds. The van der Waals surface area contributed by atoms with Crippen molar-refractivity contribution < 1.29 is 9.00 Å². The Kier molecular flexibility index (Phi) is 6.37. The van der Waals surface area contributed by atoms with Crippen molar-refractivity contribution in [3.05, 3.63) is 54.1 Å². The van der Waals surface area contributed by atoms with Crippen LogP contribution in [0.25, 0.3) is 0 Å². The van der Waals surface area contributed by atoms with E-state index in [0.717, 1.165) is 28.4 Å². The number of hydrogen-bond donors (Lipinski definition) is 2. The van der Waals surface area contributed by atoms with Crippen LogP contribution in [0.3, 0.4) is 0 Å². The third kappa shape index (κ3) is 4.83. The first kappa shape index (κ1) is 18.0. The van der Waals surface area contributed by atoms with E-state index in [1.165, 1.54) is 0 Å². The normalized spacial score (nSPS) is 11.6. The maximum Gasteiger partial charge on any atom is 0.319 e. The Morgan fingerprint density at radius 2 is 1.79 bits per heavy atom. The molecular weight excluding hydrogens is 322 g/mol. The minimum atomic E-state index is -0.989. The fourth-order valence-corrected chi connectivity index (χ4v) is 2.75. The standard InChI is InChI=1S/C18H23N3O2S/c1-4-21(2)17-8-6-5-7-16(17)20-18(22)19-13-14-9-11-15(12-10-14)24(3)23/h5-12H,4,13H2,1-3H3,(H2,19,20,22)/t24-/m0/s1. The highest BCUT2D eigenvalue weighted by Crippen LogP contribution is 2.24. The lowest BCUT2D eigenvalue weighted by Gasteiger charge is -2.21. The number of nitrogens with zero attached hydrogens (tertiary/aromatic N) is 1. The Labute approximate surface area is 145 Å². The van der Waals surface area contributed by atoms with Crippen LogP contribution in [-0.4, -0.2) is 30.1 Å². The number of benzene rings is 2. The quantitative estimate of drug-likeness (QED) is 0.845. The van der Waals surface area contributed by atoms with Gasteiger partial charge in [-0.1, -0.05) is 24.3 Å². The molecule has 0 unspecified atom stereocenters. The first-order chi connectivity index (χ1) is 11.5. The molecule has 5 nitrogen and oxygen atoms in total. The molecule has 2 rings (SSSR count). The van der Waals surface area contributed by atoms with Crippen LogP contribution in [0.4, 0.5) is 16.2 Å². The zero-order valence-corrected chi connectivity index (χ0v) is 15.0. The molecule has 2 aromatic carbocycles. The van der Waals surface area contributed by atoms with E-state index in [-0.39, 0.29) is 6.03 Å². The minimum Gasteiger partial charge on any atom is -0.373 e. The molecular formula is C18H23N3O2S. The van der Waals surface area contributed by atoms with Crippen LogP contribution in [0.1, 0.15) is 12.5 Å². The van der Waals surface area contributed by atoms with Crippen LogP contribution in [0.2, 0.25) is 0 Å². The van der Waals surface area contributed by atoms with Crippen LogP contribution in [0.15, 0.2) is 53.4 Å². The first-order valence-electron chi connectivity index (χ1n) is 7.78. The second kappa shape index (κ2) is 8.49. The summed E-state index contributed by atoms with van der Waals surface area (Å²) in [6, 6.07) is 14.8. The van der Waals surface area contributed by atoms with E-state index in [2.05, 4.69) is 22.5 Å². The van der Waals surface area contributed by atoms with Crippen LogP contribution in [-0.2, 0) is 17.3 Å². The Bertz CT molecular complexity index is 716. The molecule has 0 bridgehead atoms. The number of carbonyl (C=O) groups is 1. The van der Waals surface area contributed by atoms with Gasteiger partial charge in [0.05, 0.1) is 11.4 Å². The summed E-state index contributed by atoms with van der Waals surface area (Å²) in [6.45, 7) is 3.32. The third-order valence-electron chi connectivity index (χ3n) is 3.75. The van der Waals surface area contributed by atoms with E-state index in [1.807, 2.05) is 55.6 Å². The zero-order valence-electron chi connectivity index (χ0n) is 14.2. The molecule has 24 heavy (non-hydrogen) atoms. The topological polar surface area (TPSA) is 61.4 Å². The van der Waals surface area contributed by atoms with Gasteiger partial charge in [0.1, 0.15) is 0 Å². The summed E-state index contributed by atoms with van der Waals surface area (Å²) in [6.07, 6.45) is 1.64. The Balaban J connectivity index is 1.95. The zero-order chi connectivity index (χ0) is 17.5. The highest BCUT2D eigenvalue weighted by atomic mass is 32.2. The maximum absolute atomic E-state index is 12.1. The lowest BCUT2D eigenvalue weighted by atomic mass is 10.2. The molecule has 0 radical (unpaired) electrons. The van der Waals surface area contributed by atoms with E-state index in [9.17, 15) is 9.00 Å². The third-order valence-corrected chi connectivity index (χ3v) is 4.68. The molecule has 0 aliphatic rings. The van der Waals surface area contributed by atoms with Crippen molar-refractivity contribution in [3.8, 4) is 0 Å². The molecule has 2 N–H and O–H groups in total. The van der Waals surface area contributed by atoms with Crippen LogP contribution < -0.4 is 15.5 Å². The summed E-state index contributed by atoms with van der Waals surface area (Å²) >= 11 is 0. The molecule has 0 aliphatic heterocycles. The second-order valence-corrected chi connectivity index (χ2v) is 6.82. The number of para-hydroxylation sites is 2. The van der Waals surface area contributed by atoms with Gasteiger partial charge in [-0.2, -0.15) is 0 Å². The smallest absolute Gasteiger partial charge is 0.319 e. The first-order valence-corrected chi connectivity index (χ1v) is 9.34.